The SMILES string of the molecule is CC(C)c1nccn1CCCNc1nnc(C(N)c2ccccc2)o1. The second-order valence-corrected chi connectivity index (χ2v) is 6.25. The van der Waals surface area contributed by atoms with E-state index in [-0.39, 0.29) is 0 Å². The molecule has 132 valence electrons. The fourth-order valence-corrected chi connectivity index (χ4v) is 2.69. The van der Waals surface area contributed by atoms with E-state index in [2.05, 4.69) is 38.9 Å². The van der Waals surface area contributed by atoms with Crippen LogP contribution in [0.15, 0.2) is 47.1 Å². The van der Waals surface area contributed by atoms with Gasteiger partial charge in [-0.15, -0.1) is 5.10 Å². The smallest absolute Gasteiger partial charge is 0.315 e. The Kier molecular flexibility index (Phi) is 5.45. The normalized spacial score (nSPS) is 12.5. The molecule has 0 aliphatic rings. The van der Waals surface area contributed by atoms with Gasteiger partial charge in [0.2, 0.25) is 5.89 Å². The maximum Gasteiger partial charge on any atom is 0.315 e. The largest absolute Gasteiger partial charge is 0.406 e. The molecule has 1 unspecified atom stereocenters. The Morgan fingerprint density at radius 3 is 2.76 bits per heavy atom. The first-order valence-corrected chi connectivity index (χ1v) is 8.54. The summed E-state index contributed by atoms with van der Waals surface area (Å²) in [4.78, 5) is 4.39. The van der Waals surface area contributed by atoms with Gasteiger partial charge in [-0.3, -0.25) is 0 Å². The molecule has 0 spiro atoms. The molecule has 2 aromatic heterocycles. The fourth-order valence-electron chi connectivity index (χ4n) is 2.69. The summed E-state index contributed by atoms with van der Waals surface area (Å²) in [6.45, 7) is 5.92. The van der Waals surface area contributed by atoms with E-state index in [4.69, 9.17) is 10.2 Å². The van der Waals surface area contributed by atoms with Crippen LogP contribution in [0.1, 0.15) is 49.5 Å². The quantitative estimate of drug-likeness (QED) is 0.612. The molecule has 2 heterocycles. The molecular formula is C18H24N6O. The minimum atomic E-state index is -0.413. The van der Waals surface area contributed by atoms with Crippen LogP contribution in [-0.4, -0.2) is 26.3 Å². The maximum atomic E-state index is 6.16. The predicted molar refractivity (Wildman–Crippen MR) is 96.2 cm³/mol. The summed E-state index contributed by atoms with van der Waals surface area (Å²) in [7, 11) is 0. The summed E-state index contributed by atoms with van der Waals surface area (Å²) >= 11 is 0. The maximum absolute atomic E-state index is 6.16. The Bertz CT molecular complexity index is 780. The third kappa shape index (κ3) is 4.24. The van der Waals surface area contributed by atoms with Crippen molar-refractivity contribution in [1.29, 1.82) is 0 Å². The number of hydrogen-bond donors (Lipinski definition) is 2. The number of nitrogens with two attached hydrogens (primary N) is 1. The lowest BCUT2D eigenvalue weighted by Gasteiger charge is -2.10. The molecule has 3 aromatic rings. The van der Waals surface area contributed by atoms with Gasteiger partial charge < -0.3 is 20.0 Å². The van der Waals surface area contributed by atoms with Gasteiger partial charge in [-0.05, 0) is 12.0 Å². The third-order valence-electron chi connectivity index (χ3n) is 3.98. The van der Waals surface area contributed by atoms with Gasteiger partial charge in [0.05, 0.1) is 0 Å². The van der Waals surface area contributed by atoms with Gasteiger partial charge in [-0.2, -0.15) is 0 Å². The lowest BCUT2D eigenvalue weighted by Crippen LogP contribution is -2.12. The first-order valence-electron chi connectivity index (χ1n) is 8.54. The van der Waals surface area contributed by atoms with E-state index in [1.807, 2.05) is 42.7 Å². The fraction of sp³-hybridized carbons (Fsp3) is 0.389. The monoisotopic (exact) mass is 340 g/mol. The molecule has 1 atom stereocenters. The van der Waals surface area contributed by atoms with Gasteiger partial charge in [-0.1, -0.05) is 49.3 Å². The summed E-state index contributed by atoms with van der Waals surface area (Å²) in [5, 5.41) is 11.2. The summed E-state index contributed by atoms with van der Waals surface area (Å²) in [5.74, 6) is 1.93. The zero-order valence-electron chi connectivity index (χ0n) is 14.6. The van der Waals surface area contributed by atoms with Gasteiger partial charge in [-0.25, -0.2) is 4.98 Å². The zero-order valence-corrected chi connectivity index (χ0v) is 14.6. The van der Waals surface area contributed by atoms with Crippen LogP contribution in [0.2, 0.25) is 0 Å². The van der Waals surface area contributed by atoms with Crippen LogP contribution in [0.3, 0.4) is 0 Å². The van der Waals surface area contributed by atoms with Crippen LogP contribution < -0.4 is 11.1 Å². The summed E-state index contributed by atoms with van der Waals surface area (Å²) in [6.07, 6.45) is 4.79. The summed E-state index contributed by atoms with van der Waals surface area (Å²) < 4.78 is 7.80. The van der Waals surface area contributed by atoms with Gasteiger partial charge in [0.15, 0.2) is 0 Å². The van der Waals surface area contributed by atoms with Crippen molar-refractivity contribution in [2.75, 3.05) is 11.9 Å². The highest BCUT2D eigenvalue weighted by molar-refractivity contribution is 5.25. The van der Waals surface area contributed by atoms with E-state index < -0.39 is 6.04 Å². The molecule has 0 saturated heterocycles. The van der Waals surface area contributed by atoms with Crippen LogP contribution in [0, 0.1) is 0 Å². The summed E-state index contributed by atoms with van der Waals surface area (Å²) in [5.41, 5.74) is 7.10. The highest BCUT2D eigenvalue weighted by Gasteiger charge is 2.16. The van der Waals surface area contributed by atoms with E-state index in [0.29, 0.717) is 17.8 Å². The third-order valence-corrected chi connectivity index (χ3v) is 3.98. The molecule has 0 bridgehead atoms. The summed E-state index contributed by atoms with van der Waals surface area (Å²) in [6, 6.07) is 9.69. The molecule has 0 fully saturated rings. The van der Waals surface area contributed by atoms with E-state index >= 15 is 0 Å². The van der Waals surface area contributed by atoms with Crippen molar-refractivity contribution in [1.82, 2.24) is 19.7 Å². The van der Waals surface area contributed by atoms with Crippen molar-refractivity contribution in [2.45, 2.75) is 38.8 Å². The van der Waals surface area contributed by atoms with Gasteiger partial charge >= 0.3 is 6.01 Å². The number of hydrogen-bond acceptors (Lipinski definition) is 6. The molecule has 7 nitrogen and oxygen atoms in total. The standard InChI is InChI=1S/C18H24N6O/c1-13(2)16-20-10-12-24(16)11-6-9-21-18-23-22-17(25-18)15(19)14-7-4-3-5-8-14/h3-5,7-8,10,12-13,15H,6,9,11,19H2,1-2H3,(H,21,23). The van der Waals surface area contributed by atoms with Gasteiger partial charge in [0.1, 0.15) is 11.9 Å². The Morgan fingerprint density at radius 1 is 1.20 bits per heavy atom. The highest BCUT2D eigenvalue weighted by Crippen LogP contribution is 2.19. The van der Waals surface area contributed by atoms with Crippen molar-refractivity contribution in [2.24, 2.45) is 5.73 Å². The second kappa shape index (κ2) is 7.94. The first kappa shape index (κ1) is 17.2. The molecule has 3 N–H and O–H groups in total. The molecule has 0 aliphatic heterocycles. The van der Waals surface area contributed by atoms with E-state index in [1.54, 1.807) is 0 Å². The molecule has 0 radical (unpaired) electrons. The van der Waals surface area contributed by atoms with E-state index in [9.17, 15) is 0 Å². The lowest BCUT2D eigenvalue weighted by atomic mass is 10.1. The molecule has 25 heavy (non-hydrogen) atoms. The topological polar surface area (TPSA) is 94.8 Å². The van der Waals surface area contributed by atoms with Gasteiger partial charge in [0.25, 0.3) is 0 Å². The zero-order chi connectivity index (χ0) is 17.6. The number of anilines is 1. The number of imidazole rings is 1. The number of nitrogens with one attached hydrogen (secondary N) is 1. The molecule has 0 aliphatic carbocycles. The number of nitrogens with zero attached hydrogens (tertiary/aromatic N) is 4. The minimum absolute atomic E-state index is 0.399. The molecule has 7 heteroatoms. The predicted octanol–water partition coefficient (Wildman–Crippen LogP) is 2.94. The second-order valence-electron chi connectivity index (χ2n) is 6.25. The first-order chi connectivity index (χ1) is 12.1. The Labute approximate surface area is 147 Å². The number of aromatic nitrogens is 4. The van der Waals surface area contributed by atoms with Crippen LogP contribution >= 0.6 is 0 Å². The molecular weight excluding hydrogens is 316 g/mol. The molecule has 0 saturated carbocycles. The van der Waals surface area contributed by atoms with Crippen LogP contribution in [0.5, 0.6) is 0 Å². The number of benzene rings is 1. The van der Waals surface area contributed by atoms with Crippen LogP contribution in [-0.2, 0) is 6.54 Å². The highest BCUT2D eigenvalue weighted by atomic mass is 16.4. The average molecular weight is 340 g/mol. The van der Waals surface area contributed by atoms with Crippen molar-refractivity contribution < 1.29 is 4.42 Å². The Morgan fingerprint density at radius 2 is 2.00 bits per heavy atom. The van der Waals surface area contributed by atoms with E-state index in [1.165, 1.54) is 0 Å². The van der Waals surface area contributed by atoms with Crippen molar-refractivity contribution in [3.63, 3.8) is 0 Å². The molecule has 0 amide bonds. The van der Waals surface area contributed by atoms with Crippen LogP contribution in [0.25, 0.3) is 0 Å². The van der Waals surface area contributed by atoms with Crippen LogP contribution in [0.4, 0.5) is 6.01 Å². The van der Waals surface area contributed by atoms with Crippen molar-refractivity contribution >= 4 is 6.01 Å². The van der Waals surface area contributed by atoms with Crippen molar-refractivity contribution in [3.05, 3.63) is 60.0 Å². The molecule has 1 aromatic carbocycles. The average Bonchev–Trinajstić information content (AvgIpc) is 3.28. The number of aryl methyl sites for hydroxylation is 1. The van der Waals surface area contributed by atoms with Crippen molar-refractivity contribution in [3.8, 4) is 0 Å². The minimum Gasteiger partial charge on any atom is -0.406 e. The molecule has 3 rings (SSSR count). The van der Waals surface area contributed by atoms with E-state index in [0.717, 1.165) is 30.9 Å². The lowest BCUT2D eigenvalue weighted by molar-refractivity contribution is 0.481. The number of rotatable bonds is 8. The van der Waals surface area contributed by atoms with Gasteiger partial charge in [0, 0.05) is 31.4 Å². The Hall–Kier alpha value is -2.67. The Balaban J connectivity index is 1.50.